The molecule has 1 amide bonds. The van der Waals surface area contributed by atoms with E-state index in [9.17, 15) is 4.79 Å². The van der Waals surface area contributed by atoms with E-state index < -0.39 is 0 Å². The predicted molar refractivity (Wildman–Crippen MR) is 61.9 cm³/mol. The first-order chi connectivity index (χ1) is 7.72. The number of hydrogen-bond acceptors (Lipinski definition) is 3. The smallest absolute Gasteiger partial charge is 0.236 e. The Morgan fingerprint density at radius 2 is 2.31 bits per heavy atom. The van der Waals surface area contributed by atoms with Gasteiger partial charge in [0.05, 0.1) is 13.2 Å². The van der Waals surface area contributed by atoms with Gasteiger partial charge in [-0.05, 0) is 25.2 Å². The fourth-order valence-electron chi connectivity index (χ4n) is 3.04. The molecule has 1 saturated carbocycles. The number of hydrogen-bond donors (Lipinski definition) is 1. The van der Waals surface area contributed by atoms with Crippen molar-refractivity contribution in [3.05, 3.63) is 0 Å². The molecule has 0 aromatic heterocycles. The summed E-state index contributed by atoms with van der Waals surface area (Å²) in [6.45, 7) is 5.46. The monoisotopic (exact) mass is 226 g/mol. The molecule has 1 saturated heterocycles. The lowest BCUT2D eigenvalue weighted by molar-refractivity contribution is -0.129. The highest BCUT2D eigenvalue weighted by atomic mass is 16.5. The Morgan fingerprint density at radius 3 is 2.81 bits per heavy atom. The Kier molecular flexibility index (Phi) is 3.50. The molecular weight excluding hydrogens is 204 g/mol. The molecule has 2 fully saturated rings. The summed E-state index contributed by atoms with van der Waals surface area (Å²) in [6.07, 6.45) is 3.80. The zero-order chi connectivity index (χ0) is 11.6. The Labute approximate surface area is 97.1 Å². The van der Waals surface area contributed by atoms with Crippen molar-refractivity contribution in [2.45, 2.75) is 26.2 Å². The minimum absolute atomic E-state index is 0.0882. The third-order valence-corrected chi connectivity index (χ3v) is 4.21. The molecule has 0 unspecified atom stereocenters. The zero-order valence-electron chi connectivity index (χ0n) is 10.1. The topological polar surface area (TPSA) is 55.6 Å². The molecule has 2 rings (SSSR count). The highest BCUT2D eigenvalue weighted by molar-refractivity contribution is 5.78. The summed E-state index contributed by atoms with van der Waals surface area (Å²) in [5.74, 6) is 0.613. The van der Waals surface area contributed by atoms with Crippen LogP contribution in [0.2, 0.25) is 0 Å². The molecule has 4 nitrogen and oxygen atoms in total. The average Bonchev–Trinajstić information content (AvgIpc) is 2.64. The molecule has 4 heteroatoms. The second-order valence-corrected chi connectivity index (χ2v) is 5.05. The van der Waals surface area contributed by atoms with Crippen LogP contribution in [-0.2, 0) is 9.53 Å². The van der Waals surface area contributed by atoms with Gasteiger partial charge in [0, 0.05) is 25.6 Å². The molecule has 1 aliphatic heterocycles. The molecule has 0 aromatic rings. The van der Waals surface area contributed by atoms with Crippen molar-refractivity contribution in [3.8, 4) is 0 Å². The molecule has 0 bridgehead atoms. The van der Waals surface area contributed by atoms with Crippen LogP contribution in [0.25, 0.3) is 0 Å². The molecule has 0 radical (unpaired) electrons. The van der Waals surface area contributed by atoms with Gasteiger partial charge in [0.1, 0.15) is 0 Å². The van der Waals surface area contributed by atoms with Crippen LogP contribution < -0.4 is 5.73 Å². The van der Waals surface area contributed by atoms with Crippen molar-refractivity contribution in [2.24, 2.45) is 17.1 Å². The number of carbonyl (C=O) groups excluding carboxylic acids is 1. The van der Waals surface area contributed by atoms with Crippen LogP contribution in [-0.4, -0.2) is 43.7 Å². The van der Waals surface area contributed by atoms with E-state index in [0.29, 0.717) is 11.3 Å². The number of likely N-dealkylation sites (tertiary alicyclic amines) is 1. The van der Waals surface area contributed by atoms with Crippen LogP contribution >= 0.6 is 0 Å². The lowest BCUT2D eigenvalue weighted by Gasteiger charge is -2.42. The second-order valence-electron chi connectivity index (χ2n) is 5.05. The average molecular weight is 226 g/mol. The molecule has 1 heterocycles. The zero-order valence-corrected chi connectivity index (χ0v) is 10.1. The molecule has 16 heavy (non-hydrogen) atoms. The minimum Gasteiger partial charge on any atom is -0.381 e. The van der Waals surface area contributed by atoms with Gasteiger partial charge in [0.15, 0.2) is 0 Å². The van der Waals surface area contributed by atoms with Crippen molar-refractivity contribution >= 4 is 5.91 Å². The fraction of sp³-hybridized carbons (Fsp3) is 0.917. The molecule has 1 aliphatic carbocycles. The van der Waals surface area contributed by atoms with Crippen molar-refractivity contribution < 1.29 is 9.53 Å². The summed E-state index contributed by atoms with van der Waals surface area (Å²) in [7, 11) is 0. The third kappa shape index (κ3) is 1.96. The maximum atomic E-state index is 11.6. The summed E-state index contributed by atoms with van der Waals surface area (Å²) >= 11 is 0. The molecule has 1 spiro atoms. The summed E-state index contributed by atoms with van der Waals surface area (Å²) in [4.78, 5) is 13.6. The lowest BCUT2D eigenvalue weighted by atomic mass is 9.63. The van der Waals surface area contributed by atoms with Crippen molar-refractivity contribution in [2.75, 3.05) is 32.8 Å². The van der Waals surface area contributed by atoms with Gasteiger partial charge >= 0.3 is 0 Å². The van der Waals surface area contributed by atoms with Crippen molar-refractivity contribution in [1.82, 2.24) is 4.90 Å². The molecule has 1 atom stereocenters. The first-order valence-corrected chi connectivity index (χ1v) is 6.27. The second kappa shape index (κ2) is 4.72. The first-order valence-electron chi connectivity index (χ1n) is 6.27. The molecule has 2 aliphatic rings. The first kappa shape index (κ1) is 11.9. The van der Waals surface area contributed by atoms with Gasteiger partial charge in [-0.25, -0.2) is 0 Å². The van der Waals surface area contributed by atoms with Gasteiger partial charge in [-0.3, -0.25) is 4.79 Å². The number of ether oxygens (including phenoxy) is 1. The van der Waals surface area contributed by atoms with E-state index in [1.54, 1.807) is 0 Å². The van der Waals surface area contributed by atoms with Gasteiger partial charge < -0.3 is 15.4 Å². The van der Waals surface area contributed by atoms with Crippen molar-refractivity contribution in [3.63, 3.8) is 0 Å². The summed E-state index contributed by atoms with van der Waals surface area (Å²) in [5.41, 5.74) is 5.78. The Bertz CT molecular complexity index is 264. The number of nitrogens with two attached hydrogens (primary N) is 1. The third-order valence-electron chi connectivity index (χ3n) is 4.21. The Morgan fingerprint density at radius 1 is 1.56 bits per heavy atom. The highest BCUT2D eigenvalue weighted by Crippen LogP contribution is 2.51. The summed E-state index contributed by atoms with van der Waals surface area (Å²) in [6, 6.07) is 0. The van der Waals surface area contributed by atoms with Crippen LogP contribution in [0.4, 0.5) is 0 Å². The van der Waals surface area contributed by atoms with E-state index in [2.05, 4.69) is 0 Å². The van der Waals surface area contributed by atoms with Crippen LogP contribution in [0.3, 0.4) is 0 Å². The van der Waals surface area contributed by atoms with Gasteiger partial charge in [0.25, 0.3) is 0 Å². The molecular formula is C12H22N2O2. The number of rotatable bonds is 4. The number of amides is 1. The Hall–Kier alpha value is -0.610. The summed E-state index contributed by atoms with van der Waals surface area (Å²) in [5, 5.41) is 0. The van der Waals surface area contributed by atoms with E-state index in [1.807, 2.05) is 11.8 Å². The summed E-state index contributed by atoms with van der Waals surface area (Å²) < 4.78 is 5.54. The predicted octanol–water partition coefficient (Wildman–Crippen LogP) is 0.610. The quantitative estimate of drug-likeness (QED) is 0.764. The fourth-order valence-corrected chi connectivity index (χ4v) is 3.04. The van der Waals surface area contributed by atoms with Gasteiger partial charge in [0.2, 0.25) is 5.91 Å². The van der Waals surface area contributed by atoms with E-state index >= 15 is 0 Å². The van der Waals surface area contributed by atoms with E-state index in [0.717, 1.165) is 26.3 Å². The van der Waals surface area contributed by atoms with Gasteiger partial charge in [-0.2, -0.15) is 0 Å². The maximum Gasteiger partial charge on any atom is 0.236 e. The highest BCUT2D eigenvalue weighted by Gasteiger charge is 2.50. The molecule has 2 N–H and O–H groups in total. The number of carbonyl (C=O) groups is 1. The largest absolute Gasteiger partial charge is 0.381 e. The number of nitrogens with zero attached hydrogens (tertiary/aromatic N) is 1. The van der Waals surface area contributed by atoms with E-state index in [4.69, 9.17) is 10.5 Å². The van der Waals surface area contributed by atoms with E-state index in [-0.39, 0.29) is 12.5 Å². The normalized spacial score (nSPS) is 27.1. The van der Waals surface area contributed by atoms with Crippen LogP contribution in [0, 0.1) is 11.3 Å². The maximum absolute atomic E-state index is 11.6. The van der Waals surface area contributed by atoms with Crippen LogP contribution in [0.1, 0.15) is 26.2 Å². The standard InChI is InChI=1S/C12H22N2O2/c1-2-16-8-10-7-14(11(15)6-13)9-12(10)4-3-5-12/h10H,2-9,13H2,1H3/t10-/m1/s1. The molecule has 92 valence electrons. The van der Waals surface area contributed by atoms with Gasteiger partial charge in [-0.1, -0.05) is 6.42 Å². The van der Waals surface area contributed by atoms with Crippen LogP contribution in [0.5, 0.6) is 0 Å². The minimum atomic E-state index is 0.0882. The molecule has 0 aromatic carbocycles. The lowest BCUT2D eigenvalue weighted by Crippen LogP contribution is -2.40. The van der Waals surface area contributed by atoms with Crippen molar-refractivity contribution in [1.29, 1.82) is 0 Å². The SMILES string of the molecule is CCOC[C@H]1CN(C(=O)CN)CC12CCC2. The van der Waals surface area contributed by atoms with Crippen LogP contribution in [0.15, 0.2) is 0 Å². The Balaban J connectivity index is 1.98. The van der Waals surface area contributed by atoms with E-state index in [1.165, 1.54) is 19.3 Å². The van der Waals surface area contributed by atoms with Gasteiger partial charge in [-0.15, -0.1) is 0 Å².